The molecule has 11 heavy (non-hydrogen) atoms. The minimum atomic E-state index is -3.67. The Hall–Kier alpha value is -0.650. The molecular weight excluding hydrogens is 188 g/mol. The van der Waals surface area contributed by atoms with E-state index in [4.69, 9.17) is 16.7 Å². The molecule has 0 saturated carbocycles. The maximum atomic E-state index is 10.7. The smallest absolute Gasteiger partial charge is 0.239 e. The van der Waals surface area contributed by atoms with Gasteiger partial charge in [0.1, 0.15) is 4.90 Å². The van der Waals surface area contributed by atoms with Crippen LogP contribution in [-0.4, -0.2) is 13.4 Å². The van der Waals surface area contributed by atoms with E-state index in [9.17, 15) is 8.42 Å². The minimum Gasteiger partial charge on any atom is -0.262 e. The number of hydrogen-bond donors (Lipinski definition) is 1. The first-order valence-corrected chi connectivity index (χ1v) is 4.56. The molecule has 1 heterocycles. The summed E-state index contributed by atoms with van der Waals surface area (Å²) in [5.41, 5.74) is 0. The molecule has 0 spiro atoms. The predicted octanol–water partition coefficient (Wildman–Crippen LogP) is 0.382. The fraction of sp³-hybridized carbons (Fsp3) is 0. The van der Waals surface area contributed by atoms with Crippen molar-refractivity contribution in [3.63, 3.8) is 0 Å². The van der Waals surface area contributed by atoms with Gasteiger partial charge in [0.05, 0.1) is 5.02 Å². The lowest BCUT2D eigenvalue weighted by molar-refractivity contribution is 0.597. The van der Waals surface area contributed by atoms with E-state index < -0.39 is 10.0 Å². The zero-order valence-electron chi connectivity index (χ0n) is 5.36. The summed E-state index contributed by atoms with van der Waals surface area (Å²) in [6.45, 7) is 0. The molecule has 0 aliphatic heterocycles. The fourth-order valence-electron chi connectivity index (χ4n) is 0.548. The van der Waals surface area contributed by atoms with Gasteiger partial charge in [-0.05, 0) is 6.07 Å². The highest BCUT2D eigenvalue weighted by molar-refractivity contribution is 7.89. The van der Waals surface area contributed by atoms with Crippen LogP contribution >= 0.6 is 11.6 Å². The number of aromatic nitrogens is 1. The highest BCUT2D eigenvalue weighted by Gasteiger charge is 2.07. The van der Waals surface area contributed by atoms with E-state index in [1.807, 2.05) is 0 Å². The number of primary sulfonamides is 1. The first-order chi connectivity index (χ1) is 5.00. The fourth-order valence-corrected chi connectivity index (χ4v) is 1.29. The van der Waals surface area contributed by atoms with Crippen LogP contribution in [0.4, 0.5) is 0 Å². The summed E-state index contributed by atoms with van der Waals surface area (Å²) in [6.07, 6.45) is 2.47. The van der Waals surface area contributed by atoms with Crippen LogP contribution in [0.1, 0.15) is 0 Å². The largest absolute Gasteiger partial charge is 0.262 e. The highest BCUT2D eigenvalue weighted by atomic mass is 35.5. The maximum Gasteiger partial charge on any atom is 0.239 e. The third-order valence-corrected chi connectivity index (χ3v) is 2.10. The lowest BCUT2D eigenvalue weighted by atomic mass is 10.5. The van der Waals surface area contributed by atoms with Crippen LogP contribution in [0, 0.1) is 0 Å². The van der Waals surface area contributed by atoms with Crippen LogP contribution in [0.2, 0.25) is 5.02 Å². The molecule has 1 rings (SSSR count). The maximum absolute atomic E-state index is 10.7. The van der Waals surface area contributed by atoms with E-state index >= 15 is 0 Å². The summed E-state index contributed by atoms with van der Waals surface area (Å²) >= 11 is 5.47. The molecule has 0 radical (unpaired) electrons. The Morgan fingerprint density at radius 2 is 2.09 bits per heavy atom. The Bertz CT molecular complexity index is 363. The molecule has 2 N–H and O–H groups in total. The van der Waals surface area contributed by atoms with Crippen molar-refractivity contribution in [3.8, 4) is 0 Å². The summed E-state index contributed by atoms with van der Waals surface area (Å²) in [4.78, 5) is 3.48. The summed E-state index contributed by atoms with van der Waals surface area (Å²) in [7, 11) is -3.67. The molecule has 4 nitrogen and oxygen atoms in total. The van der Waals surface area contributed by atoms with E-state index in [0.29, 0.717) is 0 Å². The quantitative estimate of drug-likeness (QED) is 0.699. The number of rotatable bonds is 1. The molecule has 60 valence electrons. The van der Waals surface area contributed by atoms with Gasteiger partial charge in [0.25, 0.3) is 0 Å². The van der Waals surface area contributed by atoms with Gasteiger partial charge in [0, 0.05) is 12.4 Å². The molecule has 0 aliphatic carbocycles. The van der Waals surface area contributed by atoms with E-state index in [-0.39, 0.29) is 9.92 Å². The Morgan fingerprint density at radius 3 is 2.45 bits per heavy atom. The van der Waals surface area contributed by atoms with E-state index in [0.717, 1.165) is 6.20 Å². The van der Waals surface area contributed by atoms with Crippen LogP contribution in [0.25, 0.3) is 0 Å². The average molecular weight is 193 g/mol. The first-order valence-electron chi connectivity index (χ1n) is 2.63. The van der Waals surface area contributed by atoms with Gasteiger partial charge in [-0.2, -0.15) is 0 Å². The van der Waals surface area contributed by atoms with Gasteiger partial charge in [-0.25, -0.2) is 13.6 Å². The van der Waals surface area contributed by atoms with Crippen molar-refractivity contribution in [2.45, 2.75) is 4.90 Å². The molecule has 0 aliphatic rings. The van der Waals surface area contributed by atoms with Gasteiger partial charge in [-0.1, -0.05) is 11.6 Å². The lowest BCUT2D eigenvalue weighted by Crippen LogP contribution is -2.12. The first kappa shape index (κ1) is 8.45. The van der Waals surface area contributed by atoms with E-state index in [1.165, 1.54) is 12.3 Å². The average Bonchev–Trinajstić information content (AvgIpc) is 1.86. The number of nitrogens with two attached hydrogens (primary N) is 1. The standard InChI is InChI=1S/C5H5ClN2O2S/c6-4-1-5(3-8-2-4)11(7,9)10/h1-3H,(H2,7,9,10). The summed E-state index contributed by atoms with van der Waals surface area (Å²) in [5, 5.41) is 5.05. The van der Waals surface area contributed by atoms with Crippen molar-refractivity contribution in [1.82, 2.24) is 4.98 Å². The summed E-state index contributed by atoms with van der Waals surface area (Å²) in [6, 6.07) is 1.24. The topological polar surface area (TPSA) is 73.1 Å². The number of hydrogen-bond acceptors (Lipinski definition) is 3. The Balaban J connectivity index is 3.28. The highest BCUT2D eigenvalue weighted by Crippen LogP contribution is 2.11. The second kappa shape index (κ2) is 2.77. The van der Waals surface area contributed by atoms with Crippen LogP contribution in [0.3, 0.4) is 0 Å². The Morgan fingerprint density at radius 1 is 1.45 bits per heavy atom. The van der Waals surface area contributed by atoms with Crippen molar-refractivity contribution in [3.05, 3.63) is 23.5 Å². The van der Waals surface area contributed by atoms with Crippen LogP contribution in [0.5, 0.6) is 0 Å². The van der Waals surface area contributed by atoms with Crippen LogP contribution < -0.4 is 5.14 Å². The molecule has 0 bridgehead atoms. The van der Waals surface area contributed by atoms with Gasteiger partial charge in [0.2, 0.25) is 10.0 Å². The van der Waals surface area contributed by atoms with E-state index in [2.05, 4.69) is 4.98 Å². The summed E-state index contributed by atoms with van der Waals surface area (Å²) < 4.78 is 21.3. The molecule has 0 unspecified atom stereocenters. The molecule has 0 fully saturated rings. The molecule has 0 atom stereocenters. The molecule has 0 amide bonds. The molecule has 0 aromatic carbocycles. The van der Waals surface area contributed by atoms with Gasteiger partial charge in [-0.15, -0.1) is 0 Å². The van der Waals surface area contributed by atoms with Gasteiger partial charge >= 0.3 is 0 Å². The second-order valence-corrected chi connectivity index (χ2v) is 3.88. The molecule has 6 heteroatoms. The Labute approximate surface area is 69.1 Å². The van der Waals surface area contributed by atoms with Crippen LogP contribution in [0.15, 0.2) is 23.4 Å². The molecule has 1 aromatic rings. The molecular formula is C5H5ClN2O2S. The molecule has 1 aromatic heterocycles. The third kappa shape index (κ3) is 2.14. The normalized spacial score (nSPS) is 11.5. The van der Waals surface area contributed by atoms with Gasteiger partial charge in [0.15, 0.2) is 0 Å². The van der Waals surface area contributed by atoms with Crippen molar-refractivity contribution in [1.29, 1.82) is 0 Å². The van der Waals surface area contributed by atoms with Crippen molar-refractivity contribution >= 4 is 21.6 Å². The number of halogens is 1. The third-order valence-electron chi connectivity index (χ3n) is 1.01. The zero-order chi connectivity index (χ0) is 8.48. The van der Waals surface area contributed by atoms with Gasteiger partial charge in [-0.3, -0.25) is 4.98 Å². The van der Waals surface area contributed by atoms with Crippen molar-refractivity contribution < 1.29 is 8.42 Å². The minimum absolute atomic E-state index is 0.0787. The van der Waals surface area contributed by atoms with Crippen molar-refractivity contribution in [2.24, 2.45) is 5.14 Å². The summed E-state index contributed by atoms with van der Waals surface area (Å²) in [5.74, 6) is 0. The number of pyridine rings is 1. The predicted molar refractivity (Wildman–Crippen MR) is 40.6 cm³/mol. The van der Waals surface area contributed by atoms with Gasteiger partial charge < -0.3 is 0 Å². The molecule has 0 saturated heterocycles. The van der Waals surface area contributed by atoms with Crippen LogP contribution in [-0.2, 0) is 10.0 Å². The number of nitrogens with zero attached hydrogens (tertiary/aromatic N) is 1. The van der Waals surface area contributed by atoms with Crippen molar-refractivity contribution in [2.75, 3.05) is 0 Å². The lowest BCUT2D eigenvalue weighted by Gasteiger charge is -1.95. The Kier molecular flexibility index (Phi) is 2.12. The number of sulfonamides is 1. The van der Waals surface area contributed by atoms with E-state index in [1.54, 1.807) is 0 Å². The SMILES string of the molecule is NS(=O)(=O)c1cncc(Cl)c1. The zero-order valence-corrected chi connectivity index (χ0v) is 6.93. The monoisotopic (exact) mass is 192 g/mol. The second-order valence-electron chi connectivity index (χ2n) is 1.88.